The molecule has 1 heterocycles. The first-order valence-electron chi connectivity index (χ1n) is 6.06. The van der Waals surface area contributed by atoms with Crippen LogP contribution in [0.5, 0.6) is 0 Å². The molecular weight excluding hydrogens is 354 g/mol. The highest BCUT2D eigenvalue weighted by Gasteiger charge is 2.06. The van der Waals surface area contributed by atoms with Crippen molar-refractivity contribution in [2.24, 2.45) is 0 Å². The maximum atomic E-state index is 6.17. The monoisotopic (exact) mass is 365 g/mol. The van der Waals surface area contributed by atoms with Crippen molar-refractivity contribution in [3.05, 3.63) is 75.6 Å². The highest BCUT2D eigenvalue weighted by Crippen LogP contribution is 2.25. The first-order chi connectivity index (χ1) is 9.33. The lowest BCUT2D eigenvalue weighted by Gasteiger charge is -2.00. The van der Waals surface area contributed by atoms with E-state index in [1.165, 1.54) is 0 Å². The number of hydrogen-bond donors (Lipinski definition) is 0. The summed E-state index contributed by atoms with van der Waals surface area (Å²) in [5, 5.41) is 3.99. The Morgan fingerprint density at radius 3 is 2.40 bits per heavy atom. The van der Waals surface area contributed by atoms with Crippen LogP contribution in [0.1, 0.15) is 10.6 Å². The molecule has 0 unspecified atom stereocenters. The van der Waals surface area contributed by atoms with Gasteiger partial charge in [-0.2, -0.15) is 0 Å². The molecule has 102 valence electrons. The van der Waals surface area contributed by atoms with Gasteiger partial charge in [0, 0.05) is 22.4 Å². The number of thiazole rings is 1. The molecule has 4 heteroatoms. The van der Waals surface area contributed by atoms with Gasteiger partial charge in [-0.15, -0.1) is 28.3 Å². The number of nitrogens with zero attached hydrogens (tertiary/aromatic N) is 1. The second-order valence-electron chi connectivity index (χ2n) is 4.26. The summed E-state index contributed by atoms with van der Waals surface area (Å²) in [5.74, 6) is 0. The van der Waals surface area contributed by atoms with Gasteiger partial charge in [0.1, 0.15) is 0 Å². The van der Waals surface area contributed by atoms with Gasteiger partial charge in [0.15, 0.2) is 0 Å². The summed E-state index contributed by atoms with van der Waals surface area (Å²) in [7, 11) is 0. The molecule has 1 aromatic heterocycles. The van der Waals surface area contributed by atoms with Crippen molar-refractivity contribution in [2.75, 3.05) is 0 Å². The van der Waals surface area contributed by atoms with Crippen LogP contribution < -0.4 is 0 Å². The number of aromatic nitrogens is 1. The second-order valence-corrected chi connectivity index (χ2v) is 5.61. The van der Waals surface area contributed by atoms with E-state index in [2.05, 4.69) is 22.5 Å². The minimum atomic E-state index is 0. The van der Waals surface area contributed by atoms with Gasteiger partial charge in [-0.1, -0.05) is 60.1 Å². The summed E-state index contributed by atoms with van der Waals surface area (Å²) in [6, 6.07) is 18.2. The fraction of sp³-hybridized carbons (Fsp3) is 0.0625. The molecule has 3 rings (SSSR count). The normalized spacial score (nSPS) is 10.1. The average Bonchev–Trinajstić information content (AvgIpc) is 2.91. The predicted molar refractivity (Wildman–Crippen MR) is 92.1 cm³/mol. The smallest absolute Gasteiger partial charge is 0.0977 e. The third-order valence-electron chi connectivity index (χ3n) is 2.92. The summed E-state index contributed by atoms with van der Waals surface area (Å²) < 4.78 is 0. The Hall–Kier alpha value is -1.16. The third kappa shape index (κ3) is 3.48. The topological polar surface area (TPSA) is 12.9 Å². The summed E-state index contributed by atoms with van der Waals surface area (Å²) >= 11 is 7.85. The molecule has 2 aromatic carbocycles. The minimum absolute atomic E-state index is 0. The minimum Gasteiger partial charge on any atom is -0.241 e. The van der Waals surface area contributed by atoms with Gasteiger partial charge in [-0.3, -0.25) is 0 Å². The van der Waals surface area contributed by atoms with Gasteiger partial charge in [-0.05, 0) is 11.6 Å². The Kier molecular flexibility index (Phi) is 5.35. The quantitative estimate of drug-likeness (QED) is 0.585. The molecule has 1 nitrogen and oxygen atoms in total. The van der Waals surface area contributed by atoms with E-state index in [0.29, 0.717) is 0 Å². The maximum Gasteiger partial charge on any atom is 0.0977 e. The summed E-state index contributed by atoms with van der Waals surface area (Å²) in [6.45, 7) is 0. The number of halogens is 2. The van der Waals surface area contributed by atoms with Crippen LogP contribution in [-0.4, -0.2) is 4.98 Å². The molecule has 0 saturated carbocycles. The van der Waals surface area contributed by atoms with Crippen LogP contribution in [0.15, 0.2) is 60.0 Å². The highest BCUT2D eigenvalue weighted by atomic mass is 79.9. The zero-order valence-electron chi connectivity index (χ0n) is 10.6. The summed E-state index contributed by atoms with van der Waals surface area (Å²) in [5.41, 5.74) is 3.31. The third-order valence-corrected chi connectivity index (χ3v) is 4.14. The number of hydrogen-bond acceptors (Lipinski definition) is 2. The van der Waals surface area contributed by atoms with Gasteiger partial charge >= 0.3 is 0 Å². The fourth-order valence-corrected chi connectivity index (χ4v) is 2.97. The molecule has 0 fully saturated rings. The van der Waals surface area contributed by atoms with Gasteiger partial charge in [0.2, 0.25) is 0 Å². The molecule has 20 heavy (non-hydrogen) atoms. The summed E-state index contributed by atoms with van der Waals surface area (Å²) in [4.78, 5) is 4.68. The van der Waals surface area contributed by atoms with Crippen LogP contribution in [0.3, 0.4) is 0 Å². The lowest BCUT2D eigenvalue weighted by atomic mass is 10.1. The van der Waals surface area contributed by atoms with E-state index in [1.807, 2.05) is 42.5 Å². The van der Waals surface area contributed by atoms with Gasteiger partial charge in [0.05, 0.1) is 10.7 Å². The Morgan fingerprint density at radius 2 is 1.65 bits per heavy atom. The van der Waals surface area contributed by atoms with Crippen LogP contribution in [0.25, 0.3) is 11.3 Å². The van der Waals surface area contributed by atoms with Crippen molar-refractivity contribution >= 4 is 39.9 Å². The Morgan fingerprint density at radius 1 is 0.950 bits per heavy atom. The first kappa shape index (κ1) is 15.2. The van der Waals surface area contributed by atoms with Gasteiger partial charge in [0.25, 0.3) is 0 Å². The van der Waals surface area contributed by atoms with E-state index in [9.17, 15) is 0 Å². The highest BCUT2D eigenvalue weighted by molar-refractivity contribution is 8.93. The second kappa shape index (κ2) is 7.02. The predicted octanol–water partition coefficient (Wildman–Crippen LogP) is 5.63. The van der Waals surface area contributed by atoms with E-state index >= 15 is 0 Å². The summed E-state index contributed by atoms with van der Waals surface area (Å²) in [6.07, 6.45) is 0.789. The van der Waals surface area contributed by atoms with Crippen LogP contribution in [0.2, 0.25) is 5.02 Å². The van der Waals surface area contributed by atoms with Crippen molar-refractivity contribution in [1.82, 2.24) is 4.98 Å². The molecule has 0 saturated heterocycles. The fourth-order valence-electron chi connectivity index (χ4n) is 1.94. The molecule has 0 aliphatic carbocycles. The van der Waals surface area contributed by atoms with Crippen molar-refractivity contribution in [3.8, 4) is 11.3 Å². The first-order valence-corrected chi connectivity index (χ1v) is 7.32. The lowest BCUT2D eigenvalue weighted by Crippen LogP contribution is -1.88. The van der Waals surface area contributed by atoms with Gasteiger partial charge < -0.3 is 0 Å². The molecule has 0 aliphatic rings. The van der Waals surface area contributed by atoms with Gasteiger partial charge in [-0.25, -0.2) is 4.98 Å². The SMILES string of the molecule is Br.Clc1ccccc1Cc1nc(-c2ccccc2)cs1. The molecule has 0 bridgehead atoms. The number of rotatable bonds is 3. The van der Waals surface area contributed by atoms with Crippen LogP contribution >= 0.6 is 39.9 Å². The molecule has 0 amide bonds. The van der Waals surface area contributed by atoms with E-state index in [4.69, 9.17) is 11.6 Å². The molecule has 0 aliphatic heterocycles. The van der Waals surface area contributed by atoms with Crippen molar-refractivity contribution in [2.45, 2.75) is 6.42 Å². The van der Waals surface area contributed by atoms with E-state index < -0.39 is 0 Å². The molecule has 0 atom stereocenters. The molecular formula is C16H13BrClNS. The largest absolute Gasteiger partial charge is 0.241 e. The zero-order chi connectivity index (χ0) is 13.1. The Bertz CT molecular complexity index is 682. The molecule has 3 aromatic rings. The molecule has 0 radical (unpaired) electrons. The van der Waals surface area contributed by atoms with Crippen molar-refractivity contribution in [1.29, 1.82) is 0 Å². The zero-order valence-corrected chi connectivity index (χ0v) is 13.9. The van der Waals surface area contributed by atoms with E-state index in [-0.39, 0.29) is 17.0 Å². The lowest BCUT2D eigenvalue weighted by molar-refractivity contribution is 1.14. The Labute approximate surface area is 138 Å². The maximum absolute atomic E-state index is 6.17. The van der Waals surface area contributed by atoms with E-state index in [0.717, 1.165) is 33.3 Å². The van der Waals surface area contributed by atoms with Crippen LogP contribution in [0.4, 0.5) is 0 Å². The average molecular weight is 367 g/mol. The van der Waals surface area contributed by atoms with Crippen LogP contribution in [-0.2, 0) is 6.42 Å². The molecule has 0 N–H and O–H groups in total. The van der Waals surface area contributed by atoms with Crippen molar-refractivity contribution in [3.63, 3.8) is 0 Å². The van der Waals surface area contributed by atoms with Crippen LogP contribution in [0, 0.1) is 0 Å². The molecule has 0 spiro atoms. The number of benzene rings is 2. The Balaban J connectivity index is 0.00000147. The standard InChI is InChI=1S/C16H12ClNS.BrH/c17-14-9-5-4-8-13(14)10-16-18-15(11-19-16)12-6-2-1-3-7-12;/h1-9,11H,10H2;1H. The van der Waals surface area contributed by atoms with E-state index in [1.54, 1.807) is 11.3 Å². The van der Waals surface area contributed by atoms with Crippen molar-refractivity contribution < 1.29 is 0 Å².